The van der Waals surface area contributed by atoms with Crippen molar-refractivity contribution in [1.29, 1.82) is 0 Å². The molecule has 0 atom stereocenters. The van der Waals surface area contributed by atoms with Crippen LogP contribution in [0.5, 0.6) is 0 Å². The molecule has 0 amide bonds. The van der Waals surface area contributed by atoms with Crippen LogP contribution < -0.4 is 5.32 Å². The van der Waals surface area contributed by atoms with Crippen LogP contribution in [0.4, 0.5) is 0 Å². The second-order valence-electron chi connectivity index (χ2n) is 1.98. The summed E-state index contributed by atoms with van der Waals surface area (Å²) in [5, 5.41) is 3.10. The summed E-state index contributed by atoms with van der Waals surface area (Å²) in [6.07, 6.45) is 3.44. The smallest absolute Gasteiger partial charge is 0.138 e. The van der Waals surface area contributed by atoms with Crippen LogP contribution in [0.1, 0.15) is 12.8 Å². The van der Waals surface area contributed by atoms with Gasteiger partial charge in [-0.15, -0.1) is 0 Å². The van der Waals surface area contributed by atoms with Crippen molar-refractivity contribution in [3.05, 3.63) is 6.42 Å². The van der Waals surface area contributed by atoms with E-state index in [0.29, 0.717) is 0 Å². The van der Waals surface area contributed by atoms with Crippen molar-refractivity contribution < 1.29 is 4.79 Å². The van der Waals surface area contributed by atoms with Gasteiger partial charge in [-0.25, -0.2) is 0 Å². The van der Waals surface area contributed by atoms with E-state index in [2.05, 4.69) is 5.32 Å². The number of Topliss-reactive ketones (excluding diaryl/α,β-unsaturated/α-hetero) is 1. The Hall–Kier alpha value is -0.370. The normalized spacial score (nSPS) is 22.8. The maximum Gasteiger partial charge on any atom is 0.138 e. The van der Waals surface area contributed by atoms with Crippen LogP contribution in [0.25, 0.3) is 0 Å². The number of nitrogens with one attached hydrogen (secondary N) is 1. The van der Waals surface area contributed by atoms with E-state index in [4.69, 9.17) is 0 Å². The molecule has 0 saturated carbocycles. The fraction of sp³-hybridized carbons (Fsp3) is 0.667. The second kappa shape index (κ2) is 2.82. The molecule has 1 fully saturated rings. The Morgan fingerprint density at radius 1 is 1.62 bits per heavy atom. The van der Waals surface area contributed by atoms with Gasteiger partial charge in [-0.2, -0.15) is 0 Å². The van der Waals surface area contributed by atoms with Crippen LogP contribution in [0.15, 0.2) is 0 Å². The zero-order valence-corrected chi connectivity index (χ0v) is 4.81. The highest BCUT2D eigenvalue weighted by Crippen LogP contribution is 1.95. The van der Waals surface area contributed by atoms with E-state index in [1.54, 1.807) is 6.42 Å². The van der Waals surface area contributed by atoms with Crippen molar-refractivity contribution in [1.82, 2.24) is 5.32 Å². The van der Waals surface area contributed by atoms with Gasteiger partial charge in [-0.05, 0) is 13.0 Å². The van der Waals surface area contributed by atoms with E-state index >= 15 is 0 Å². The Balaban J connectivity index is 2.27. The van der Waals surface area contributed by atoms with Crippen LogP contribution in [0.3, 0.4) is 0 Å². The lowest BCUT2D eigenvalue weighted by Crippen LogP contribution is -2.14. The molecule has 0 bridgehead atoms. The zero-order chi connectivity index (χ0) is 5.82. The molecule has 0 aromatic rings. The molecule has 0 aliphatic carbocycles. The molecule has 1 aliphatic rings. The molecule has 1 N–H and O–H groups in total. The third kappa shape index (κ3) is 1.62. The molecular weight excluding hydrogens is 102 g/mol. The van der Waals surface area contributed by atoms with E-state index in [0.717, 1.165) is 25.9 Å². The Kier molecular flexibility index (Phi) is 2.03. The minimum atomic E-state index is 0.287. The van der Waals surface area contributed by atoms with Crippen molar-refractivity contribution in [2.75, 3.05) is 13.1 Å². The van der Waals surface area contributed by atoms with E-state index in [-0.39, 0.29) is 5.78 Å². The fourth-order valence-corrected chi connectivity index (χ4v) is 0.778. The first-order valence-corrected chi connectivity index (χ1v) is 2.96. The van der Waals surface area contributed by atoms with Crippen molar-refractivity contribution in [3.63, 3.8) is 0 Å². The van der Waals surface area contributed by atoms with E-state index in [1.165, 1.54) is 0 Å². The highest BCUT2D eigenvalue weighted by atomic mass is 16.1. The molecule has 0 spiro atoms. The molecule has 0 aromatic carbocycles. The third-order valence-electron chi connectivity index (χ3n) is 1.25. The van der Waals surface area contributed by atoms with Gasteiger partial charge in [0.25, 0.3) is 0 Å². The number of hydrogen-bond donors (Lipinski definition) is 1. The Bertz CT molecular complexity index is 80.5. The minimum Gasteiger partial charge on any atom is -0.316 e. The van der Waals surface area contributed by atoms with Crippen molar-refractivity contribution in [3.8, 4) is 0 Å². The third-order valence-corrected chi connectivity index (χ3v) is 1.25. The number of hydrogen-bond acceptors (Lipinski definition) is 2. The van der Waals surface area contributed by atoms with Crippen LogP contribution in [0, 0.1) is 6.42 Å². The predicted octanol–water partition coefficient (Wildman–Crippen LogP) is 0.143. The molecule has 45 valence electrons. The number of ketones is 1. The van der Waals surface area contributed by atoms with Gasteiger partial charge in [0, 0.05) is 19.4 Å². The lowest BCUT2D eigenvalue weighted by Gasteiger charge is -1.90. The van der Waals surface area contributed by atoms with Gasteiger partial charge < -0.3 is 5.32 Å². The minimum absolute atomic E-state index is 0.287. The highest BCUT2D eigenvalue weighted by Gasteiger charge is 2.04. The van der Waals surface area contributed by atoms with Crippen LogP contribution in [0.2, 0.25) is 0 Å². The standard InChI is InChI=1S/C6H10NO/c8-6-2-1-4-7-5-3-6/h3,7H,1-2,4-5H2. The largest absolute Gasteiger partial charge is 0.316 e. The van der Waals surface area contributed by atoms with Crippen molar-refractivity contribution in [2.45, 2.75) is 12.8 Å². The zero-order valence-electron chi connectivity index (χ0n) is 4.81. The first kappa shape index (κ1) is 5.76. The summed E-state index contributed by atoms with van der Waals surface area (Å²) in [5.74, 6) is 0.287. The Morgan fingerprint density at radius 2 is 2.50 bits per heavy atom. The van der Waals surface area contributed by atoms with Gasteiger partial charge in [0.2, 0.25) is 0 Å². The fourth-order valence-electron chi connectivity index (χ4n) is 0.778. The molecule has 1 heterocycles. The van der Waals surface area contributed by atoms with Crippen molar-refractivity contribution >= 4 is 5.78 Å². The molecule has 2 heteroatoms. The summed E-state index contributed by atoms with van der Waals surface area (Å²) in [6.45, 7) is 1.75. The van der Waals surface area contributed by atoms with Gasteiger partial charge >= 0.3 is 0 Å². The molecule has 1 radical (unpaired) electrons. The monoisotopic (exact) mass is 112 g/mol. The molecule has 2 nitrogen and oxygen atoms in total. The number of carbonyl (C=O) groups is 1. The summed E-state index contributed by atoms with van der Waals surface area (Å²) < 4.78 is 0. The number of carbonyl (C=O) groups excluding carboxylic acids is 1. The number of rotatable bonds is 0. The topological polar surface area (TPSA) is 29.1 Å². The van der Waals surface area contributed by atoms with E-state index in [9.17, 15) is 4.79 Å². The average molecular weight is 112 g/mol. The molecule has 1 rings (SSSR count). The van der Waals surface area contributed by atoms with E-state index in [1.807, 2.05) is 0 Å². The maximum atomic E-state index is 10.6. The molecule has 1 aliphatic heterocycles. The van der Waals surface area contributed by atoms with Gasteiger partial charge in [0.05, 0.1) is 0 Å². The molecular formula is C6H10NO. The first-order valence-electron chi connectivity index (χ1n) is 2.96. The van der Waals surface area contributed by atoms with Gasteiger partial charge in [0.15, 0.2) is 0 Å². The average Bonchev–Trinajstić information content (AvgIpc) is 1.94. The lowest BCUT2D eigenvalue weighted by molar-refractivity contribution is -0.115. The van der Waals surface area contributed by atoms with Crippen LogP contribution in [-0.4, -0.2) is 18.9 Å². The maximum absolute atomic E-state index is 10.6. The Labute approximate surface area is 49.3 Å². The molecule has 0 unspecified atom stereocenters. The first-order chi connectivity index (χ1) is 3.89. The van der Waals surface area contributed by atoms with Gasteiger partial charge in [0.1, 0.15) is 5.78 Å². The van der Waals surface area contributed by atoms with E-state index < -0.39 is 0 Å². The summed E-state index contributed by atoms with van der Waals surface area (Å²) in [5.41, 5.74) is 0. The SMILES string of the molecule is O=C1[CH]CNCCC1. The predicted molar refractivity (Wildman–Crippen MR) is 31.4 cm³/mol. The van der Waals surface area contributed by atoms with Crippen molar-refractivity contribution in [2.24, 2.45) is 0 Å². The molecule has 8 heavy (non-hydrogen) atoms. The van der Waals surface area contributed by atoms with Crippen LogP contribution in [-0.2, 0) is 4.79 Å². The summed E-state index contributed by atoms with van der Waals surface area (Å²) >= 11 is 0. The molecule has 1 saturated heterocycles. The van der Waals surface area contributed by atoms with Gasteiger partial charge in [-0.3, -0.25) is 4.79 Å². The second-order valence-corrected chi connectivity index (χ2v) is 1.98. The summed E-state index contributed by atoms with van der Waals surface area (Å²) in [7, 11) is 0. The van der Waals surface area contributed by atoms with Crippen LogP contribution >= 0.6 is 0 Å². The summed E-state index contributed by atoms with van der Waals surface area (Å²) in [6, 6.07) is 0. The summed E-state index contributed by atoms with van der Waals surface area (Å²) in [4.78, 5) is 10.6. The van der Waals surface area contributed by atoms with Gasteiger partial charge in [-0.1, -0.05) is 0 Å². The molecule has 0 aromatic heterocycles. The highest BCUT2D eigenvalue weighted by molar-refractivity contribution is 5.87. The lowest BCUT2D eigenvalue weighted by atomic mass is 10.2. The Morgan fingerprint density at radius 3 is 3.38 bits per heavy atom. The quantitative estimate of drug-likeness (QED) is 0.483.